The number of thioether (sulfide) groups is 1. The third-order valence-corrected chi connectivity index (χ3v) is 4.55. The molecule has 2 aromatic rings. The van der Waals surface area contributed by atoms with Crippen LogP contribution >= 0.6 is 23.4 Å². The molecule has 1 N–H and O–H groups in total. The number of hydrogen-bond acceptors (Lipinski definition) is 5. The van der Waals surface area contributed by atoms with E-state index in [1.165, 1.54) is 18.7 Å². The molecule has 0 atom stereocenters. The van der Waals surface area contributed by atoms with E-state index in [1.54, 1.807) is 24.3 Å². The second-order valence-electron chi connectivity index (χ2n) is 5.09. The van der Waals surface area contributed by atoms with Gasteiger partial charge < -0.3 is 9.88 Å². The number of ketones is 1. The van der Waals surface area contributed by atoms with Crippen LogP contribution in [0.3, 0.4) is 0 Å². The predicted molar refractivity (Wildman–Crippen MR) is 94.6 cm³/mol. The van der Waals surface area contributed by atoms with E-state index in [0.29, 0.717) is 35.3 Å². The second kappa shape index (κ2) is 8.84. The highest BCUT2D eigenvalue weighted by atomic mass is 35.5. The molecule has 24 heavy (non-hydrogen) atoms. The van der Waals surface area contributed by atoms with Gasteiger partial charge in [0.05, 0.1) is 5.75 Å². The molecular formula is C16H19ClN4O2S. The van der Waals surface area contributed by atoms with Gasteiger partial charge in [0.25, 0.3) is 0 Å². The van der Waals surface area contributed by atoms with Crippen molar-refractivity contribution in [3.63, 3.8) is 0 Å². The molecule has 6 nitrogen and oxygen atoms in total. The lowest BCUT2D eigenvalue weighted by Gasteiger charge is -2.07. The maximum Gasteiger partial charge on any atom is 0.216 e. The fourth-order valence-electron chi connectivity index (χ4n) is 2.13. The van der Waals surface area contributed by atoms with Gasteiger partial charge in [-0.05, 0) is 31.2 Å². The number of halogens is 1. The number of nitrogens with one attached hydrogen (secondary N) is 1. The molecular weight excluding hydrogens is 348 g/mol. The third kappa shape index (κ3) is 5.07. The molecule has 0 aliphatic rings. The average molecular weight is 367 g/mol. The van der Waals surface area contributed by atoms with Crippen LogP contribution in [0.1, 0.15) is 30.0 Å². The van der Waals surface area contributed by atoms with Crippen LogP contribution in [0.5, 0.6) is 0 Å². The summed E-state index contributed by atoms with van der Waals surface area (Å²) < 4.78 is 1.96. The Bertz CT molecular complexity index is 715. The quantitative estimate of drug-likeness (QED) is 0.574. The lowest BCUT2D eigenvalue weighted by Crippen LogP contribution is -2.23. The molecule has 0 bridgehead atoms. The number of rotatable bonds is 8. The van der Waals surface area contributed by atoms with E-state index in [2.05, 4.69) is 15.5 Å². The maximum atomic E-state index is 12.2. The lowest BCUT2D eigenvalue weighted by molar-refractivity contribution is -0.118. The Morgan fingerprint density at radius 2 is 1.96 bits per heavy atom. The number of amides is 1. The van der Waals surface area contributed by atoms with Crippen LogP contribution in [0, 0.1) is 0 Å². The zero-order valence-corrected chi connectivity index (χ0v) is 15.2. The van der Waals surface area contributed by atoms with E-state index in [0.717, 1.165) is 5.82 Å². The zero-order valence-electron chi connectivity index (χ0n) is 13.6. The Kier molecular flexibility index (Phi) is 6.81. The number of benzene rings is 1. The largest absolute Gasteiger partial charge is 0.356 e. The molecule has 0 spiro atoms. The summed E-state index contributed by atoms with van der Waals surface area (Å²) in [5, 5.41) is 12.4. The Balaban J connectivity index is 1.96. The number of aromatic nitrogens is 3. The molecule has 8 heteroatoms. The molecule has 1 aromatic carbocycles. The Labute approximate surface area is 150 Å². The van der Waals surface area contributed by atoms with Crippen LogP contribution < -0.4 is 5.32 Å². The van der Waals surface area contributed by atoms with Crippen LogP contribution in [0.4, 0.5) is 0 Å². The van der Waals surface area contributed by atoms with E-state index >= 15 is 0 Å². The molecule has 1 aromatic heterocycles. The van der Waals surface area contributed by atoms with Crippen molar-refractivity contribution in [2.75, 3.05) is 12.3 Å². The van der Waals surface area contributed by atoms with E-state index < -0.39 is 0 Å². The summed E-state index contributed by atoms with van der Waals surface area (Å²) in [5.74, 6) is 1.03. The van der Waals surface area contributed by atoms with E-state index in [9.17, 15) is 9.59 Å². The van der Waals surface area contributed by atoms with Crippen LogP contribution in [-0.4, -0.2) is 38.8 Å². The van der Waals surface area contributed by atoms with Gasteiger partial charge in [-0.25, -0.2) is 0 Å². The summed E-state index contributed by atoms with van der Waals surface area (Å²) in [7, 11) is 0. The van der Waals surface area contributed by atoms with E-state index in [4.69, 9.17) is 11.6 Å². The molecule has 1 heterocycles. The minimum atomic E-state index is -0.0688. The van der Waals surface area contributed by atoms with Gasteiger partial charge in [0.2, 0.25) is 5.91 Å². The fraction of sp³-hybridized carbons (Fsp3) is 0.375. The average Bonchev–Trinajstić information content (AvgIpc) is 2.95. The summed E-state index contributed by atoms with van der Waals surface area (Å²) in [6.07, 6.45) is 0.603. The molecule has 0 unspecified atom stereocenters. The molecule has 128 valence electrons. The minimum absolute atomic E-state index is 0.0158. The standard InChI is InChI=1S/C16H19ClN4O2S/c1-3-21-15(8-9-18-11(2)22)19-20-16(21)24-10-14(23)12-4-6-13(17)7-5-12/h4-7H,3,8-10H2,1-2H3,(H,18,22). The highest BCUT2D eigenvalue weighted by Crippen LogP contribution is 2.19. The molecule has 0 fully saturated rings. The monoisotopic (exact) mass is 366 g/mol. The van der Waals surface area contributed by atoms with Gasteiger partial charge in [-0.3, -0.25) is 9.59 Å². The van der Waals surface area contributed by atoms with Crippen molar-refractivity contribution in [1.82, 2.24) is 20.1 Å². The van der Waals surface area contributed by atoms with Crippen molar-refractivity contribution in [3.05, 3.63) is 40.7 Å². The third-order valence-electron chi connectivity index (χ3n) is 3.33. The van der Waals surface area contributed by atoms with Crippen molar-refractivity contribution in [2.45, 2.75) is 32.0 Å². The topological polar surface area (TPSA) is 76.9 Å². The van der Waals surface area contributed by atoms with Gasteiger partial charge in [0.15, 0.2) is 10.9 Å². The fourth-order valence-corrected chi connectivity index (χ4v) is 3.17. The van der Waals surface area contributed by atoms with Crippen molar-refractivity contribution < 1.29 is 9.59 Å². The van der Waals surface area contributed by atoms with Gasteiger partial charge in [-0.1, -0.05) is 23.4 Å². The molecule has 0 radical (unpaired) electrons. The van der Waals surface area contributed by atoms with Crippen molar-refractivity contribution in [2.24, 2.45) is 0 Å². The highest BCUT2D eigenvalue weighted by molar-refractivity contribution is 7.99. The first-order valence-electron chi connectivity index (χ1n) is 7.59. The van der Waals surface area contributed by atoms with Crippen molar-refractivity contribution in [1.29, 1.82) is 0 Å². The summed E-state index contributed by atoms with van der Waals surface area (Å²) in [6.45, 7) is 4.70. The first kappa shape index (κ1) is 18.5. The summed E-state index contributed by atoms with van der Waals surface area (Å²) >= 11 is 7.19. The summed E-state index contributed by atoms with van der Waals surface area (Å²) in [6, 6.07) is 6.84. The normalized spacial score (nSPS) is 10.6. The number of carbonyl (C=O) groups excluding carboxylic acids is 2. The Morgan fingerprint density at radius 1 is 1.25 bits per heavy atom. The molecule has 0 saturated heterocycles. The predicted octanol–water partition coefficient (Wildman–Crippen LogP) is 2.61. The zero-order chi connectivity index (χ0) is 17.5. The van der Waals surface area contributed by atoms with Crippen molar-refractivity contribution >= 4 is 35.1 Å². The number of Topliss-reactive ketones (excluding diaryl/α,β-unsaturated/α-hetero) is 1. The first-order valence-corrected chi connectivity index (χ1v) is 8.95. The van der Waals surface area contributed by atoms with Gasteiger partial charge >= 0.3 is 0 Å². The second-order valence-corrected chi connectivity index (χ2v) is 6.47. The van der Waals surface area contributed by atoms with Crippen molar-refractivity contribution in [3.8, 4) is 0 Å². The molecule has 0 aliphatic carbocycles. The van der Waals surface area contributed by atoms with E-state index in [-0.39, 0.29) is 17.4 Å². The van der Waals surface area contributed by atoms with Gasteiger partial charge in [-0.2, -0.15) is 0 Å². The SMILES string of the molecule is CCn1c(CCNC(C)=O)nnc1SCC(=O)c1ccc(Cl)cc1. The van der Waals surface area contributed by atoms with Gasteiger partial charge in [0.1, 0.15) is 5.82 Å². The van der Waals surface area contributed by atoms with Crippen LogP contribution in [-0.2, 0) is 17.8 Å². The number of nitrogens with zero attached hydrogens (tertiary/aromatic N) is 3. The summed E-state index contributed by atoms with van der Waals surface area (Å²) in [5.41, 5.74) is 0.625. The van der Waals surface area contributed by atoms with E-state index in [1.807, 2.05) is 11.5 Å². The number of carbonyl (C=O) groups is 2. The smallest absolute Gasteiger partial charge is 0.216 e. The van der Waals surface area contributed by atoms with Gasteiger partial charge in [-0.15, -0.1) is 10.2 Å². The highest BCUT2D eigenvalue weighted by Gasteiger charge is 2.14. The number of hydrogen-bond donors (Lipinski definition) is 1. The maximum absolute atomic E-state index is 12.2. The van der Waals surface area contributed by atoms with Gasteiger partial charge in [0, 0.05) is 37.0 Å². The molecule has 0 aliphatic heterocycles. The minimum Gasteiger partial charge on any atom is -0.356 e. The molecule has 2 rings (SSSR count). The first-order chi connectivity index (χ1) is 11.5. The van der Waals surface area contributed by atoms with Crippen LogP contribution in [0.2, 0.25) is 5.02 Å². The summed E-state index contributed by atoms with van der Waals surface area (Å²) in [4.78, 5) is 23.1. The van der Waals surface area contributed by atoms with Crippen LogP contribution in [0.15, 0.2) is 29.4 Å². The van der Waals surface area contributed by atoms with Crippen LogP contribution in [0.25, 0.3) is 0 Å². The molecule has 0 saturated carbocycles. The Morgan fingerprint density at radius 3 is 2.58 bits per heavy atom. The lowest BCUT2D eigenvalue weighted by atomic mass is 10.1. The molecule has 1 amide bonds. The Hall–Kier alpha value is -1.86.